The normalized spacial score (nSPS) is 11.9. The van der Waals surface area contributed by atoms with Gasteiger partial charge in [0.15, 0.2) is 16.6 Å². The fourth-order valence-corrected chi connectivity index (χ4v) is 2.72. The SMILES string of the molecule is COC[C@@H](C)NC(=S)N/N=C\c1ccc(OCc2ccc(Cl)cc2)c(OC)c1. The maximum absolute atomic E-state index is 5.90. The van der Waals surface area contributed by atoms with Crippen LogP contribution in [0.3, 0.4) is 0 Å². The molecule has 0 amide bonds. The van der Waals surface area contributed by atoms with Crippen LogP contribution in [0.1, 0.15) is 18.1 Å². The third-order valence-corrected chi connectivity index (χ3v) is 4.13. The summed E-state index contributed by atoms with van der Waals surface area (Å²) in [5.41, 5.74) is 4.64. The molecule has 1 atom stereocenters. The highest BCUT2D eigenvalue weighted by Crippen LogP contribution is 2.28. The fourth-order valence-electron chi connectivity index (χ4n) is 2.34. The van der Waals surface area contributed by atoms with E-state index in [1.54, 1.807) is 20.4 Å². The highest BCUT2D eigenvalue weighted by atomic mass is 35.5. The highest BCUT2D eigenvalue weighted by Gasteiger charge is 2.06. The minimum absolute atomic E-state index is 0.0948. The number of hydrazone groups is 1. The lowest BCUT2D eigenvalue weighted by molar-refractivity contribution is 0.179. The van der Waals surface area contributed by atoms with Crippen LogP contribution < -0.4 is 20.2 Å². The van der Waals surface area contributed by atoms with E-state index in [4.69, 9.17) is 38.0 Å². The molecule has 0 radical (unpaired) electrons. The van der Waals surface area contributed by atoms with Gasteiger partial charge < -0.3 is 19.5 Å². The molecular weight excluding hydrogens is 398 g/mol. The topological polar surface area (TPSA) is 64.1 Å². The lowest BCUT2D eigenvalue weighted by atomic mass is 10.2. The third-order valence-electron chi connectivity index (χ3n) is 3.67. The monoisotopic (exact) mass is 421 g/mol. The molecular formula is C20H24ClN3O3S. The van der Waals surface area contributed by atoms with Gasteiger partial charge in [0.1, 0.15) is 6.61 Å². The molecule has 0 saturated heterocycles. The number of thiocarbonyl (C=S) groups is 1. The number of ether oxygens (including phenoxy) is 3. The van der Waals surface area contributed by atoms with Crippen LogP contribution in [0.25, 0.3) is 0 Å². The molecule has 0 aromatic heterocycles. The third kappa shape index (κ3) is 7.34. The smallest absolute Gasteiger partial charge is 0.187 e. The Morgan fingerprint density at radius 3 is 2.61 bits per heavy atom. The van der Waals surface area contributed by atoms with Gasteiger partial charge in [0.2, 0.25) is 0 Å². The van der Waals surface area contributed by atoms with Crippen molar-refractivity contribution in [3.63, 3.8) is 0 Å². The van der Waals surface area contributed by atoms with E-state index in [1.807, 2.05) is 49.4 Å². The Morgan fingerprint density at radius 2 is 1.93 bits per heavy atom. The first kappa shape index (κ1) is 21.9. The maximum atomic E-state index is 5.90. The van der Waals surface area contributed by atoms with E-state index in [2.05, 4.69) is 15.8 Å². The van der Waals surface area contributed by atoms with Crippen molar-refractivity contribution in [2.24, 2.45) is 5.10 Å². The van der Waals surface area contributed by atoms with Gasteiger partial charge in [0.05, 0.1) is 19.9 Å². The minimum Gasteiger partial charge on any atom is -0.493 e. The van der Waals surface area contributed by atoms with Gasteiger partial charge in [-0.3, -0.25) is 5.43 Å². The summed E-state index contributed by atoms with van der Waals surface area (Å²) in [6.07, 6.45) is 1.65. The number of rotatable bonds is 9. The molecule has 0 fully saturated rings. The predicted molar refractivity (Wildman–Crippen MR) is 117 cm³/mol. The first-order valence-corrected chi connectivity index (χ1v) is 9.44. The number of nitrogens with one attached hydrogen (secondary N) is 2. The Labute approximate surface area is 175 Å². The minimum atomic E-state index is 0.0948. The molecule has 2 N–H and O–H groups in total. The van der Waals surface area contributed by atoms with Crippen molar-refractivity contribution in [1.82, 2.24) is 10.7 Å². The predicted octanol–water partition coefficient (Wildman–Crippen LogP) is 3.76. The Bertz CT molecular complexity index is 800. The molecule has 0 aliphatic heterocycles. The van der Waals surface area contributed by atoms with Gasteiger partial charge in [-0.25, -0.2) is 0 Å². The first-order valence-electron chi connectivity index (χ1n) is 8.65. The van der Waals surface area contributed by atoms with Crippen LogP contribution in [-0.2, 0) is 11.3 Å². The maximum Gasteiger partial charge on any atom is 0.187 e. The molecule has 0 aliphatic rings. The Kier molecular flexibility index (Phi) is 9.00. The van der Waals surface area contributed by atoms with Gasteiger partial charge in [-0.05, 0) is 60.6 Å². The first-order chi connectivity index (χ1) is 13.5. The van der Waals surface area contributed by atoms with Gasteiger partial charge in [0.25, 0.3) is 0 Å². The van der Waals surface area contributed by atoms with Gasteiger partial charge in [-0.1, -0.05) is 23.7 Å². The van der Waals surface area contributed by atoms with Crippen molar-refractivity contribution >= 4 is 35.1 Å². The van der Waals surface area contributed by atoms with Crippen molar-refractivity contribution in [3.05, 3.63) is 58.6 Å². The average molecular weight is 422 g/mol. The molecule has 0 heterocycles. The molecule has 0 saturated carbocycles. The second-order valence-electron chi connectivity index (χ2n) is 6.03. The standard InChI is InChI=1S/C20H24ClN3O3S/c1-14(12-25-2)23-20(28)24-22-11-16-6-9-18(19(10-16)26-3)27-13-15-4-7-17(21)8-5-15/h4-11,14H,12-13H2,1-3H3,(H2,23,24,28)/b22-11-/t14-/m1/s1. The van der Waals surface area contributed by atoms with E-state index in [0.717, 1.165) is 11.1 Å². The summed E-state index contributed by atoms with van der Waals surface area (Å²) in [6.45, 7) is 2.94. The molecule has 0 aliphatic carbocycles. The van der Waals surface area contributed by atoms with Gasteiger partial charge in [-0.2, -0.15) is 5.10 Å². The zero-order valence-corrected chi connectivity index (χ0v) is 17.6. The lowest BCUT2D eigenvalue weighted by Crippen LogP contribution is -2.40. The van der Waals surface area contributed by atoms with E-state index >= 15 is 0 Å². The second-order valence-corrected chi connectivity index (χ2v) is 6.87. The average Bonchev–Trinajstić information content (AvgIpc) is 2.68. The number of nitrogens with zero attached hydrogens (tertiary/aromatic N) is 1. The summed E-state index contributed by atoms with van der Waals surface area (Å²) >= 11 is 11.1. The molecule has 8 heteroatoms. The lowest BCUT2D eigenvalue weighted by Gasteiger charge is -2.14. The summed E-state index contributed by atoms with van der Waals surface area (Å²) in [7, 11) is 3.24. The van der Waals surface area contributed by atoms with Crippen LogP contribution in [0.5, 0.6) is 11.5 Å². The molecule has 28 heavy (non-hydrogen) atoms. The van der Waals surface area contributed by atoms with Crippen molar-refractivity contribution in [1.29, 1.82) is 0 Å². The molecule has 150 valence electrons. The van der Waals surface area contributed by atoms with Crippen LogP contribution >= 0.6 is 23.8 Å². The molecule has 6 nitrogen and oxygen atoms in total. The van der Waals surface area contributed by atoms with Crippen molar-refractivity contribution < 1.29 is 14.2 Å². The van der Waals surface area contributed by atoms with Gasteiger partial charge >= 0.3 is 0 Å². The van der Waals surface area contributed by atoms with E-state index in [0.29, 0.717) is 34.8 Å². The van der Waals surface area contributed by atoms with Crippen LogP contribution in [0.2, 0.25) is 5.02 Å². The van der Waals surface area contributed by atoms with E-state index in [9.17, 15) is 0 Å². The Hall–Kier alpha value is -2.35. The number of hydrogen-bond donors (Lipinski definition) is 2. The number of benzene rings is 2. The van der Waals surface area contributed by atoms with E-state index in [-0.39, 0.29) is 6.04 Å². The van der Waals surface area contributed by atoms with Crippen LogP contribution in [0.4, 0.5) is 0 Å². The summed E-state index contributed by atoms with van der Waals surface area (Å²) < 4.78 is 16.3. The van der Waals surface area contributed by atoms with Gasteiger partial charge in [-0.15, -0.1) is 0 Å². The molecule has 0 spiro atoms. The molecule has 0 unspecified atom stereocenters. The van der Waals surface area contributed by atoms with Crippen molar-refractivity contribution in [3.8, 4) is 11.5 Å². The quantitative estimate of drug-likeness (QED) is 0.365. The zero-order valence-electron chi connectivity index (χ0n) is 16.1. The summed E-state index contributed by atoms with van der Waals surface area (Å²) in [5.74, 6) is 1.26. The molecule has 2 rings (SSSR count). The molecule has 2 aromatic carbocycles. The second kappa shape index (κ2) is 11.5. The Morgan fingerprint density at radius 1 is 1.18 bits per heavy atom. The highest BCUT2D eigenvalue weighted by molar-refractivity contribution is 7.80. The van der Waals surface area contributed by atoms with Crippen LogP contribution in [0, 0.1) is 0 Å². The Balaban J connectivity index is 1.92. The van der Waals surface area contributed by atoms with Gasteiger partial charge in [0, 0.05) is 18.2 Å². The molecule has 0 bridgehead atoms. The van der Waals surface area contributed by atoms with E-state index in [1.165, 1.54) is 0 Å². The molecule has 2 aromatic rings. The fraction of sp³-hybridized carbons (Fsp3) is 0.300. The largest absolute Gasteiger partial charge is 0.493 e. The van der Waals surface area contributed by atoms with Crippen molar-refractivity contribution in [2.75, 3.05) is 20.8 Å². The summed E-state index contributed by atoms with van der Waals surface area (Å²) in [4.78, 5) is 0. The number of methoxy groups -OCH3 is 2. The summed E-state index contributed by atoms with van der Waals surface area (Å²) in [6, 6.07) is 13.2. The summed E-state index contributed by atoms with van der Waals surface area (Å²) in [5, 5.41) is 8.32. The number of halogens is 1. The van der Waals surface area contributed by atoms with Crippen molar-refractivity contribution in [2.45, 2.75) is 19.6 Å². The van der Waals surface area contributed by atoms with Crippen LogP contribution in [0.15, 0.2) is 47.6 Å². The number of hydrogen-bond acceptors (Lipinski definition) is 5. The van der Waals surface area contributed by atoms with Crippen LogP contribution in [-0.4, -0.2) is 38.2 Å². The zero-order chi connectivity index (χ0) is 20.4. The van der Waals surface area contributed by atoms with E-state index < -0.39 is 0 Å².